The maximum atomic E-state index is 11.5. The smallest absolute Gasteiger partial charge is 0.340 e. The molecule has 1 aliphatic carbocycles. The van der Waals surface area contributed by atoms with E-state index in [1.807, 2.05) is 0 Å². The first-order chi connectivity index (χ1) is 7.15. The number of hydrogen-bond acceptors (Lipinski definition) is 4. The minimum absolute atomic E-state index is 0.128. The minimum Gasteiger partial charge on any atom is -0.478 e. The Bertz CT molecular complexity index is 461. The van der Waals surface area contributed by atoms with Crippen molar-refractivity contribution >= 4 is 17.6 Å². The molecule has 0 unspecified atom stereocenters. The Balaban J connectivity index is 2.69. The molecule has 0 atom stereocenters. The first-order valence-electron chi connectivity index (χ1n) is 4.50. The second-order valence-corrected chi connectivity index (χ2v) is 3.38. The lowest BCUT2D eigenvalue weighted by atomic mass is 9.94. The predicted octanol–water partition coefficient (Wildman–Crippen LogP) is 1.63. The molecule has 0 saturated carbocycles. The molecule has 2 rings (SSSR count). The first-order valence-corrected chi connectivity index (χ1v) is 4.50. The Labute approximate surface area is 84.3 Å². The Morgan fingerprint density at radius 3 is 2.73 bits per heavy atom. The summed E-state index contributed by atoms with van der Waals surface area (Å²) in [6.07, 6.45) is 1.57. The van der Waals surface area contributed by atoms with E-state index in [0.29, 0.717) is 25.0 Å². The Morgan fingerprint density at radius 1 is 1.40 bits per heavy atom. The fraction of sp³-hybridized carbons (Fsp3) is 0.333. The first kappa shape index (κ1) is 9.57. The van der Waals surface area contributed by atoms with Gasteiger partial charge in [0.1, 0.15) is 5.56 Å². The molecule has 0 spiro atoms. The van der Waals surface area contributed by atoms with E-state index in [1.165, 1.54) is 0 Å². The van der Waals surface area contributed by atoms with Gasteiger partial charge in [0.05, 0.1) is 5.56 Å². The number of carbonyl (C=O) groups excluding carboxylic acids is 1. The molecule has 0 fully saturated rings. The number of rotatable bonds is 2. The average molecular weight is 208 g/mol. The van der Waals surface area contributed by atoms with Crippen molar-refractivity contribution in [3.8, 4) is 0 Å². The highest BCUT2D eigenvalue weighted by molar-refractivity contribution is 6.10. The third kappa shape index (κ3) is 1.34. The second-order valence-electron chi connectivity index (χ2n) is 3.38. The van der Waals surface area contributed by atoms with Gasteiger partial charge in [-0.2, -0.15) is 0 Å². The van der Waals surface area contributed by atoms with Gasteiger partial charge in [-0.3, -0.25) is 4.79 Å². The molecule has 6 heteroatoms. The highest BCUT2D eigenvalue weighted by atomic mass is 16.4. The SMILES string of the molecule is O=Nc1[nH]c2c(c1C(=O)O)C(=O)CCC2. The van der Waals surface area contributed by atoms with E-state index >= 15 is 0 Å². The van der Waals surface area contributed by atoms with Gasteiger partial charge < -0.3 is 10.1 Å². The van der Waals surface area contributed by atoms with E-state index in [4.69, 9.17) is 5.11 Å². The zero-order valence-electron chi connectivity index (χ0n) is 7.74. The van der Waals surface area contributed by atoms with Crippen LogP contribution in [0.1, 0.15) is 39.3 Å². The number of nitrogens with zero attached hydrogens (tertiary/aromatic N) is 1. The average Bonchev–Trinajstić information content (AvgIpc) is 2.57. The summed E-state index contributed by atoms with van der Waals surface area (Å²) in [5.41, 5.74) is 0.353. The van der Waals surface area contributed by atoms with Crippen LogP contribution in [-0.4, -0.2) is 21.8 Å². The molecule has 2 N–H and O–H groups in total. The number of ketones is 1. The van der Waals surface area contributed by atoms with Crippen LogP contribution in [0.5, 0.6) is 0 Å². The molecule has 0 saturated heterocycles. The van der Waals surface area contributed by atoms with Crippen molar-refractivity contribution in [3.63, 3.8) is 0 Å². The molecule has 0 radical (unpaired) electrons. The van der Waals surface area contributed by atoms with Gasteiger partial charge in [-0.05, 0) is 18.0 Å². The third-order valence-electron chi connectivity index (χ3n) is 2.47. The number of aromatic nitrogens is 1. The number of H-pyrrole nitrogens is 1. The number of carbonyl (C=O) groups is 2. The Kier molecular flexibility index (Phi) is 2.11. The van der Waals surface area contributed by atoms with Crippen molar-refractivity contribution < 1.29 is 14.7 Å². The van der Waals surface area contributed by atoms with Gasteiger partial charge in [0.15, 0.2) is 11.6 Å². The predicted molar refractivity (Wildman–Crippen MR) is 50.5 cm³/mol. The molecule has 1 aliphatic rings. The van der Waals surface area contributed by atoms with Crippen molar-refractivity contribution in [2.75, 3.05) is 0 Å². The summed E-state index contributed by atoms with van der Waals surface area (Å²) in [7, 11) is 0. The third-order valence-corrected chi connectivity index (χ3v) is 2.47. The second kappa shape index (κ2) is 3.30. The maximum Gasteiger partial charge on any atom is 0.340 e. The highest BCUT2D eigenvalue weighted by Crippen LogP contribution is 2.31. The van der Waals surface area contributed by atoms with Crippen molar-refractivity contribution in [1.82, 2.24) is 4.98 Å². The molecule has 1 heterocycles. The zero-order valence-corrected chi connectivity index (χ0v) is 7.74. The molecule has 1 aromatic rings. The standard InChI is InChI=1S/C9H8N2O4/c12-5-3-1-2-4-6(5)7(9(13)14)8(10-4)11-15/h10H,1-3H2,(H,13,14). The number of Topliss-reactive ketones (excluding diaryl/α,β-unsaturated/α-hetero) is 1. The van der Waals surface area contributed by atoms with E-state index in [9.17, 15) is 14.5 Å². The summed E-state index contributed by atoms with van der Waals surface area (Å²) >= 11 is 0. The number of carboxylic acid groups (broad SMARTS) is 1. The molecule has 0 aliphatic heterocycles. The normalized spacial score (nSPS) is 14.8. The van der Waals surface area contributed by atoms with Crippen LogP contribution in [0.3, 0.4) is 0 Å². The number of carboxylic acids is 1. The molecule has 0 amide bonds. The van der Waals surface area contributed by atoms with Crippen LogP contribution >= 0.6 is 0 Å². The number of aromatic carboxylic acids is 1. The number of aryl methyl sites for hydroxylation is 1. The van der Waals surface area contributed by atoms with Crippen LogP contribution in [0.2, 0.25) is 0 Å². The van der Waals surface area contributed by atoms with Crippen LogP contribution in [0.15, 0.2) is 5.18 Å². The van der Waals surface area contributed by atoms with E-state index in [0.717, 1.165) is 0 Å². The van der Waals surface area contributed by atoms with Crippen LogP contribution in [0, 0.1) is 4.91 Å². The van der Waals surface area contributed by atoms with E-state index < -0.39 is 5.97 Å². The zero-order chi connectivity index (χ0) is 11.0. The number of fused-ring (bicyclic) bond motifs is 1. The molecule has 78 valence electrons. The lowest BCUT2D eigenvalue weighted by molar-refractivity contribution is 0.0692. The van der Waals surface area contributed by atoms with Gasteiger partial charge in [0.25, 0.3) is 0 Å². The number of aromatic amines is 1. The van der Waals surface area contributed by atoms with Gasteiger partial charge in [-0.1, -0.05) is 0 Å². The Morgan fingerprint density at radius 2 is 2.13 bits per heavy atom. The topological polar surface area (TPSA) is 99.6 Å². The largest absolute Gasteiger partial charge is 0.478 e. The van der Waals surface area contributed by atoms with Crippen molar-refractivity contribution in [2.45, 2.75) is 19.3 Å². The van der Waals surface area contributed by atoms with Crippen molar-refractivity contribution in [2.24, 2.45) is 5.18 Å². The van der Waals surface area contributed by atoms with Gasteiger partial charge in [-0.15, -0.1) is 4.91 Å². The van der Waals surface area contributed by atoms with Crippen LogP contribution in [0.25, 0.3) is 0 Å². The van der Waals surface area contributed by atoms with Crippen molar-refractivity contribution in [1.29, 1.82) is 0 Å². The molecular weight excluding hydrogens is 200 g/mol. The van der Waals surface area contributed by atoms with Gasteiger partial charge >= 0.3 is 5.97 Å². The van der Waals surface area contributed by atoms with Gasteiger partial charge in [0, 0.05) is 12.1 Å². The number of hydrogen-bond donors (Lipinski definition) is 2. The lowest BCUT2D eigenvalue weighted by Crippen LogP contribution is -2.13. The minimum atomic E-state index is -1.29. The summed E-state index contributed by atoms with van der Waals surface area (Å²) in [6.45, 7) is 0. The molecule has 6 nitrogen and oxygen atoms in total. The summed E-state index contributed by atoms with van der Waals surface area (Å²) in [5.74, 6) is -1.79. The molecule has 1 aromatic heterocycles. The fourth-order valence-corrected chi connectivity index (χ4v) is 1.86. The number of nitroso groups, excluding NO2 is 1. The van der Waals surface area contributed by atoms with E-state index in [2.05, 4.69) is 10.2 Å². The fourth-order valence-electron chi connectivity index (χ4n) is 1.86. The Hall–Kier alpha value is -1.98. The van der Waals surface area contributed by atoms with Crippen LogP contribution in [-0.2, 0) is 6.42 Å². The monoisotopic (exact) mass is 208 g/mol. The summed E-state index contributed by atoms with van der Waals surface area (Å²) in [5, 5.41) is 11.5. The quantitative estimate of drug-likeness (QED) is 0.721. The summed E-state index contributed by atoms with van der Waals surface area (Å²) in [4.78, 5) is 35.4. The van der Waals surface area contributed by atoms with E-state index in [1.54, 1.807) is 0 Å². The van der Waals surface area contributed by atoms with Crippen molar-refractivity contribution in [3.05, 3.63) is 21.7 Å². The molecule has 15 heavy (non-hydrogen) atoms. The lowest BCUT2D eigenvalue weighted by Gasteiger charge is -2.09. The van der Waals surface area contributed by atoms with Crippen LogP contribution < -0.4 is 0 Å². The summed E-state index contributed by atoms with van der Waals surface area (Å²) in [6, 6.07) is 0. The highest BCUT2D eigenvalue weighted by Gasteiger charge is 2.30. The van der Waals surface area contributed by atoms with E-state index in [-0.39, 0.29) is 22.7 Å². The molecule has 0 aromatic carbocycles. The summed E-state index contributed by atoms with van der Waals surface area (Å²) < 4.78 is 0. The molecule has 0 bridgehead atoms. The van der Waals surface area contributed by atoms with Crippen LogP contribution in [0.4, 0.5) is 5.82 Å². The number of nitrogens with one attached hydrogen (secondary N) is 1. The maximum absolute atomic E-state index is 11.5. The molecular formula is C9H8N2O4. The van der Waals surface area contributed by atoms with Gasteiger partial charge in [0.2, 0.25) is 0 Å². The van der Waals surface area contributed by atoms with Gasteiger partial charge in [-0.25, -0.2) is 4.79 Å².